The van der Waals surface area contributed by atoms with E-state index in [0.29, 0.717) is 0 Å². The van der Waals surface area contributed by atoms with Gasteiger partial charge in [-0.15, -0.1) is 5.10 Å². The summed E-state index contributed by atoms with van der Waals surface area (Å²) in [5, 5.41) is 12.6. The summed E-state index contributed by atoms with van der Waals surface area (Å²) in [6, 6.07) is 7.77. The van der Waals surface area contributed by atoms with Gasteiger partial charge in [-0.3, -0.25) is 9.69 Å². The number of rotatable bonds is 5. The lowest BCUT2D eigenvalue weighted by atomic mass is 9.93. The Morgan fingerprint density at radius 1 is 1.26 bits per heavy atom. The fourth-order valence-corrected chi connectivity index (χ4v) is 3.68. The summed E-state index contributed by atoms with van der Waals surface area (Å²) in [7, 11) is 1.67. The third-order valence-electron chi connectivity index (χ3n) is 5.10. The van der Waals surface area contributed by atoms with Crippen LogP contribution in [0.2, 0.25) is 0 Å². The number of amides is 1. The monoisotopic (exact) mass is 372 g/mol. The zero-order valence-corrected chi connectivity index (χ0v) is 16.4. The van der Waals surface area contributed by atoms with Crippen LogP contribution >= 0.6 is 0 Å². The molecule has 0 radical (unpaired) electrons. The molecule has 1 aromatic carbocycles. The number of piperidine rings is 1. The number of carbonyl (C=O) groups is 1. The summed E-state index contributed by atoms with van der Waals surface area (Å²) in [5.41, 5.74) is 6.26. The molecule has 0 aliphatic carbocycles. The molecule has 27 heavy (non-hydrogen) atoms. The zero-order chi connectivity index (χ0) is 19.6. The minimum Gasteiger partial charge on any atom is -0.496 e. The summed E-state index contributed by atoms with van der Waals surface area (Å²) in [5.74, 6) is 1.27. The molecule has 0 bridgehead atoms. The Bertz CT molecular complexity index is 789. The molecule has 146 valence electrons. The van der Waals surface area contributed by atoms with Gasteiger partial charge in [-0.2, -0.15) is 0 Å². The number of hydrogen-bond acceptors (Lipinski definition) is 6. The highest BCUT2D eigenvalue weighted by atomic mass is 16.5. The van der Waals surface area contributed by atoms with Gasteiger partial charge in [-0.1, -0.05) is 18.2 Å². The Kier molecular flexibility index (Phi) is 5.46. The van der Waals surface area contributed by atoms with Crippen LogP contribution in [0.4, 0.5) is 0 Å². The van der Waals surface area contributed by atoms with Crippen molar-refractivity contribution in [2.45, 2.75) is 45.2 Å². The van der Waals surface area contributed by atoms with Gasteiger partial charge in [0.05, 0.1) is 12.6 Å². The van der Waals surface area contributed by atoms with E-state index in [0.717, 1.165) is 43.1 Å². The molecule has 2 N–H and O–H groups in total. The van der Waals surface area contributed by atoms with E-state index in [9.17, 15) is 4.79 Å². The van der Waals surface area contributed by atoms with Gasteiger partial charge in [0.2, 0.25) is 5.91 Å². The quantitative estimate of drug-likeness (QED) is 0.858. The molecule has 2 aromatic rings. The SMILES string of the molecule is COc1ccccc1C(c1nnnn1C(C)(C)C)N1CCC(C(N)=O)CC1. The lowest BCUT2D eigenvalue weighted by molar-refractivity contribution is -0.123. The zero-order valence-electron chi connectivity index (χ0n) is 16.4. The first-order valence-electron chi connectivity index (χ1n) is 9.28. The van der Waals surface area contributed by atoms with Crippen molar-refractivity contribution in [3.63, 3.8) is 0 Å². The fourth-order valence-electron chi connectivity index (χ4n) is 3.68. The minimum absolute atomic E-state index is 0.0711. The third kappa shape index (κ3) is 3.95. The van der Waals surface area contributed by atoms with Crippen molar-refractivity contribution in [1.29, 1.82) is 0 Å². The first-order valence-corrected chi connectivity index (χ1v) is 9.28. The average molecular weight is 372 g/mol. The summed E-state index contributed by atoms with van der Waals surface area (Å²) in [6.07, 6.45) is 1.47. The second-order valence-corrected chi connectivity index (χ2v) is 7.98. The molecule has 1 saturated heterocycles. The second-order valence-electron chi connectivity index (χ2n) is 7.98. The highest BCUT2D eigenvalue weighted by Gasteiger charge is 2.35. The van der Waals surface area contributed by atoms with Crippen molar-refractivity contribution in [2.24, 2.45) is 11.7 Å². The molecule has 1 fully saturated rings. The molecule has 0 saturated carbocycles. The van der Waals surface area contributed by atoms with E-state index in [1.54, 1.807) is 7.11 Å². The number of carbonyl (C=O) groups excluding carboxylic acids is 1. The molecular formula is C19H28N6O2. The smallest absolute Gasteiger partial charge is 0.220 e. The largest absolute Gasteiger partial charge is 0.496 e. The van der Waals surface area contributed by atoms with Crippen LogP contribution in [0.25, 0.3) is 0 Å². The number of methoxy groups -OCH3 is 1. The van der Waals surface area contributed by atoms with Crippen LogP contribution in [0.3, 0.4) is 0 Å². The van der Waals surface area contributed by atoms with E-state index in [-0.39, 0.29) is 23.4 Å². The predicted molar refractivity (Wildman–Crippen MR) is 101 cm³/mol. The van der Waals surface area contributed by atoms with E-state index in [1.807, 2.05) is 28.9 Å². The van der Waals surface area contributed by atoms with Crippen LogP contribution < -0.4 is 10.5 Å². The maximum atomic E-state index is 11.6. The van der Waals surface area contributed by atoms with E-state index in [2.05, 4.69) is 41.2 Å². The van der Waals surface area contributed by atoms with Crippen molar-refractivity contribution < 1.29 is 9.53 Å². The number of likely N-dealkylation sites (tertiary alicyclic amines) is 1. The number of ether oxygens (including phenoxy) is 1. The molecular weight excluding hydrogens is 344 g/mol. The molecule has 2 heterocycles. The lowest BCUT2D eigenvalue weighted by Crippen LogP contribution is -2.42. The number of tetrazole rings is 1. The summed E-state index contributed by atoms with van der Waals surface area (Å²) >= 11 is 0. The maximum absolute atomic E-state index is 11.6. The number of aromatic nitrogens is 4. The Morgan fingerprint density at radius 3 is 2.52 bits per heavy atom. The van der Waals surface area contributed by atoms with E-state index < -0.39 is 0 Å². The number of nitrogens with two attached hydrogens (primary N) is 1. The third-order valence-corrected chi connectivity index (χ3v) is 5.10. The number of hydrogen-bond donors (Lipinski definition) is 1. The molecule has 0 spiro atoms. The van der Waals surface area contributed by atoms with Crippen LogP contribution in [0.5, 0.6) is 5.75 Å². The van der Waals surface area contributed by atoms with Crippen molar-refractivity contribution >= 4 is 5.91 Å². The normalized spacial score (nSPS) is 17.6. The Hall–Kier alpha value is -2.48. The molecule has 1 aliphatic heterocycles. The first kappa shape index (κ1) is 19.3. The molecule has 1 aromatic heterocycles. The molecule has 1 aliphatic rings. The number of primary amides is 1. The average Bonchev–Trinajstić information content (AvgIpc) is 3.12. The molecule has 1 unspecified atom stereocenters. The lowest BCUT2D eigenvalue weighted by Gasteiger charge is -2.37. The highest BCUT2D eigenvalue weighted by molar-refractivity contribution is 5.76. The molecule has 8 nitrogen and oxygen atoms in total. The van der Waals surface area contributed by atoms with Gasteiger partial charge in [0.25, 0.3) is 0 Å². The predicted octanol–water partition coefficient (Wildman–Crippen LogP) is 1.72. The molecule has 8 heteroatoms. The Labute approximate surface area is 159 Å². The van der Waals surface area contributed by atoms with Gasteiger partial charge in [0, 0.05) is 11.5 Å². The minimum atomic E-state index is -0.259. The first-order chi connectivity index (χ1) is 12.8. The number of benzene rings is 1. The van der Waals surface area contributed by atoms with Crippen molar-refractivity contribution in [2.75, 3.05) is 20.2 Å². The molecule has 1 atom stereocenters. The van der Waals surface area contributed by atoms with Gasteiger partial charge in [0.15, 0.2) is 5.82 Å². The fraction of sp³-hybridized carbons (Fsp3) is 0.579. The second kappa shape index (κ2) is 7.64. The Morgan fingerprint density at radius 2 is 1.93 bits per heavy atom. The molecule has 3 rings (SSSR count). The Balaban J connectivity index is 2.04. The van der Waals surface area contributed by atoms with Gasteiger partial charge in [-0.25, -0.2) is 4.68 Å². The van der Waals surface area contributed by atoms with Gasteiger partial charge < -0.3 is 10.5 Å². The summed E-state index contributed by atoms with van der Waals surface area (Å²) in [6.45, 7) is 7.71. The van der Waals surface area contributed by atoms with E-state index in [1.165, 1.54) is 0 Å². The number of para-hydroxylation sites is 1. The van der Waals surface area contributed by atoms with Crippen LogP contribution in [-0.2, 0) is 10.3 Å². The van der Waals surface area contributed by atoms with Gasteiger partial charge in [0.1, 0.15) is 11.8 Å². The van der Waals surface area contributed by atoms with Crippen molar-refractivity contribution in [3.8, 4) is 5.75 Å². The van der Waals surface area contributed by atoms with Gasteiger partial charge in [-0.05, 0) is 63.2 Å². The van der Waals surface area contributed by atoms with Crippen LogP contribution in [0.15, 0.2) is 24.3 Å². The van der Waals surface area contributed by atoms with Crippen LogP contribution in [0.1, 0.15) is 51.0 Å². The van der Waals surface area contributed by atoms with E-state index >= 15 is 0 Å². The molecule has 1 amide bonds. The number of nitrogens with zero attached hydrogens (tertiary/aromatic N) is 5. The van der Waals surface area contributed by atoms with Crippen molar-refractivity contribution in [3.05, 3.63) is 35.7 Å². The summed E-state index contributed by atoms with van der Waals surface area (Å²) < 4.78 is 7.49. The van der Waals surface area contributed by atoms with E-state index in [4.69, 9.17) is 10.5 Å². The summed E-state index contributed by atoms with van der Waals surface area (Å²) in [4.78, 5) is 13.9. The van der Waals surface area contributed by atoms with Crippen LogP contribution in [-0.4, -0.2) is 51.2 Å². The van der Waals surface area contributed by atoms with Crippen molar-refractivity contribution in [1.82, 2.24) is 25.1 Å². The van der Waals surface area contributed by atoms with Gasteiger partial charge >= 0.3 is 0 Å². The standard InChI is InChI=1S/C19H28N6O2/c1-19(2,3)25-18(21-22-23-25)16(14-7-5-6-8-15(14)27-4)24-11-9-13(10-12-24)17(20)26/h5-8,13,16H,9-12H2,1-4H3,(H2,20,26). The van der Waals surface area contributed by atoms with Crippen LogP contribution in [0, 0.1) is 5.92 Å². The highest BCUT2D eigenvalue weighted by Crippen LogP contribution is 2.37. The maximum Gasteiger partial charge on any atom is 0.220 e. The topological polar surface area (TPSA) is 99.2 Å².